The van der Waals surface area contributed by atoms with Gasteiger partial charge >= 0.3 is 11.7 Å². The van der Waals surface area contributed by atoms with E-state index in [1.807, 2.05) is 25.7 Å². The van der Waals surface area contributed by atoms with Crippen LogP contribution in [0.2, 0.25) is 0 Å². The van der Waals surface area contributed by atoms with Gasteiger partial charge in [0.1, 0.15) is 5.69 Å². The van der Waals surface area contributed by atoms with Crippen molar-refractivity contribution in [3.63, 3.8) is 0 Å². The van der Waals surface area contributed by atoms with E-state index in [0.717, 1.165) is 11.0 Å². The first kappa shape index (κ1) is 17.2. The maximum absolute atomic E-state index is 12.4. The summed E-state index contributed by atoms with van der Waals surface area (Å²) >= 11 is 0. The fourth-order valence-electron chi connectivity index (χ4n) is 2.13. The fraction of sp³-hybridized carbons (Fsp3) is 0.643. The molecule has 0 spiro atoms. The summed E-state index contributed by atoms with van der Waals surface area (Å²) < 4.78 is 1.09. The van der Waals surface area contributed by atoms with Gasteiger partial charge in [-0.15, -0.1) is 0 Å². The lowest BCUT2D eigenvalue weighted by Gasteiger charge is -2.19. The number of unbranched alkanes of at least 4 members (excludes halogenated alkanes) is 1. The molecule has 0 bridgehead atoms. The van der Waals surface area contributed by atoms with Crippen molar-refractivity contribution in [2.24, 2.45) is 0 Å². The predicted octanol–water partition coefficient (Wildman–Crippen LogP) is 0.877. The Kier molecular flexibility index (Phi) is 6.36. The van der Waals surface area contributed by atoms with Crippen LogP contribution >= 0.6 is 0 Å². The first-order valence-electron chi connectivity index (χ1n) is 7.27. The highest BCUT2D eigenvalue weighted by atomic mass is 16.4. The largest absolute Gasteiger partial charge is 0.477 e. The first-order chi connectivity index (χ1) is 9.96. The third-order valence-electron chi connectivity index (χ3n) is 3.51. The third kappa shape index (κ3) is 4.04. The van der Waals surface area contributed by atoms with Crippen LogP contribution in [0.1, 0.15) is 49.7 Å². The summed E-state index contributed by atoms with van der Waals surface area (Å²) in [4.78, 5) is 39.9. The number of aromatic carboxylic acids is 1. The molecule has 2 N–H and O–H groups in total. The van der Waals surface area contributed by atoms with Gasteiger partial charge in [-0.3, -0.25) is 14.3 Å². The Morgan fingerprint density at radius 2 is 1.86 bits per heavy atom. The number of rotatable bonds is 8. The van der Waals surface area contributed by atoms with Gasteiger partial charge in [0, 0.05) is 13.1 Å². The Labute approximate surface area is 123 Å². The summed E-state index contributed by atoms with van der Waals surface area (Å²) in [6.45, 7) is 7.75. The molecule has 0 saturated heterocycles. The summed E-state index contributed by atoms with van der Waals surface area (Å²) in [5.74, 6) is -1.28. The molecule has 118 valence electrons. The Balaban J connectivity index is 3.39. The minimum Gasteiger partial charge on any atom is -0.477 e. The molecular formula is C14H23N3O4. The van der Waals surface area contributed by atoms with E-state index in [-0.39, 0.29) is 17.8 Å². The average Bonchev–Trinajstić information content (AvgIpc) is 2.45. The molecule has 7 heteroatoms. The molecule has 21 heavy (non-hydrogen) atoms. The molecule has 0 fully saturated rings. The summed E-state index contributed by atoms with van der Waals surface area (Å²) in [6, 6.07) is 0. The van der Waals surface area contributed by atoms with Gasteiger partial charge in [-0.2, -0.15) is 0 Å². The Bertz CT molecular complexity index is 599. The van der Waals surface area contributed by atoms with Crippen LogP contribution in [0.25, 0.3) is 0 Å². The van der Waals surface area contributed by atoms with Crippen molar-refractivity contribution >= 4 is 5.97 Å². The molecule has 0 saturated carbocycles. The van der Waals surface area contributed by atoms with Gasteiger partial charge in [-0.25, -0.2) is 9.59 Å². The number of carbonyl (C=O) groups is 1. The van der Waals surface area contributed by atoms with Crippen molar-refractivity contribution in [1.82, 2.24) is 14.5 Å². The minimum absolute atomic E-state index is 0.141. The van der Waals surface area contributed by atoms with Gasteiger partial charge in [-0.05, 0) is 19.5 Å². The second kappa shape index (κ2) is 7.78. The quantitative estimate of drug-likeness (QED) is 0.742. The van der Waals surface area contributed by atoms with Crippen molar-refractivity contribution < 1.29 is 9.90 Å². The highest BCUT2D eigenvalue weighted by molar-refractivity contribution is 5.86. The topological polar surface area (TPSA) is 95.4 Å². The van der Waals surface area contributed by atoms with Crippen LogP contribution in [0.5, 0.6) is 0 Å². The molecule has 0 atom stereocenters. The summed E-state index contributed by atoms with van der Waals surface area (Å²) in [6.07, 6.45) is 1.54. The number of H-pyrrole nitrogens is 1. The predicted molar refractivity (Wildman–Crippen MR) is 79.8 cm³/mol. The molecule has 0 aliphatic carbocycles. The number of nitrogens with one attached hydrogen (secondary N) is 1. The second-order valence-corrected chi connectivity index (χ2v) is 4.86. The van der Waals surface area contributed by atoms with E-state index in [1.165, 1.54) is 0 Å². The normalized spacial score (nSPS) is 11.0. The second-order valence-electron chi connectivity index (χ2n) is 4.86. The van der Waals surface area contributed by atoms with Crippen molar-refractivity contribution in [1.29, 1.82) is 0 Å². The van der Waals surface area contributed by atoms with E-state index in [4.69, 9.17) is 0 Å². The van der Waals surface area contributed by atoms with Crippen molar-refractivity contribution in [3.8, 4) is 0 Å². The number of carboxylic acid groups (broad SMARTS) is 1. The van der Waals surface area contributed by atoms with Gasteiger partial charge < -0.3 is 10.1 Å². The number of aromatic amines is 1. The van der Waals surface area contributed by atoms with Crippen LogP contribution in [-0.4, -0.2) is 38.6 Å². The molecule has 0 unspecified atom stereocenters. The van der Waals surface area contributed by atoms with E-state index >= 15 is 0 Å². The number of hydrogen-bond donors (Lipinski definition) is 2. The average molecular weight is 297 g/mol. The molecular weight excluding hydrogens is 274 g/mol. The Morgan fingerprint density at radius 3 is 2.33 bits per heavy atom. The molecule has 0 radical (unpaired) electrons. The summed E-state index contributed by atoms with van der Waals surface area (Å²) in [5.41, 5.74) is -1.32. The van der Waals surface area contributed by atoms with Gasteiger partial charge in [-0.1, -0.05) is 27.2 Å². The molecule has 0 aliphatic rings. The maximum atomic E-state index is 12.4. The standard InChI is InChI=1S/C14H23N3O4/c1-4-7-8-17-12(18)10(9-16(5-2)6-3)11(13(19)20)15-14(17)21/h4-9H2,1-3H3,(H,15,21)(H,19,20). The summed E-state index contributed by atoms with van der Waals surface area (Å²) in [5, 5.41) is 9.20. The molecule has 1 aromatic heterocycles. The van der Waals surface area contributed by atoms with Gasteiger partial charge in [0.2, 0.25) is 0 Å². The first-order valence-corrected chi connectivity index (χ1v) is 7.27. The van der Waals surface area contributed by atoms with Crippen LogP contribution in [-0.2, 0) is 13.1 Å². The zero-order chi connectivity index (χ0) is 16.0. The maximum Gasteiger partial charge on any atom is 0.352 e. The molecule has 0 aromatic carbocycles. The van der Waals surface area contributed by atoms with Crippen molar-refractivity contribution in [2.45, 2.75) is 46.7 Å². The van der Waals surface area contributed by atoms with E-state index < -0.39 is 17.2 Å². The number of carboxylic acids is 1. The molecule has 1 heterocycles. The SMILES string of the molecule is CCCCn1c(=O)[nH]c(C(=O)O)c(CN(CC)CC)c1=O. The third-order valence-corrected chi connectivity index (χ3v) is 3.51. The molecule has 1 rings (SSSR count). The Hall–Kier alpha value is -1.89. The van der Waals surface area contributed by atoms with E-state index in [9.17, 15) is 19.5 Å². The number of hydrogen-bond acceptors (Lipinski definition) is 4. The van der Waals surface area contributed by atoms with Gasteiger partial charge in [0.05, 0.1) is 5.56 Å². The number of nitrogens with zero attached hydrogens (tertiary/aromatic N) is 2. The van der Waals surface area contributed by atoms with Crippen LogP contribution in [0.3, 0.4) is 0 Å². The van der Waals surface area contributed by atoms with Crippen LogP contribution < -0.4 is 11.2 Å². The zero-order valence-electron chi connectivity index (χ0n) is 12.8. The lowest BCUT2D eigenvalue weighted by atomic mass is 10.2. The molecule has 0 amide bonds. The summed E-state index contributed by atoms with van der Waals surface area (Å²) in [7, 11) is 0. The highest BCUT2D eigenvalue weighted by Gasteiger charge is 2.20. The van der Waals surface area contributed by atoms with E-state index in [2.05, 4.69) is 4.98 Å². The molecule has 0 aliphatic heterocycles. The van der Waals surface area contributed by atoms with Gasteiger partial charge in [0.15, 0.2) is 0 Å². The fourth-order valence-corrected chi connectivity index (χ4v) is 2.13. The van der Waals surface area contributed by atoms with Crippen LogP contribution in [0.15, 0.2) is 9.59 Å². The molecule has 1 aromatic rings. The van der Waals surface area contributed by atoms with Crippen molar-refractivity contribution in [2.75, 3.05) is 13.1 Å². The molecule has 7 nitrogen and oxygen atoms in total. The van der Waals surface area contributed by atoms with Crippen LogP contribution in [0, 0.1) is 0 Å². The lowest BCUT2D eigenvalue weighted by molar-refractivity contribution is 0.0686. The number of aromatic nitrogens is 2. The minimum atomic E-state index is -1.28. The zero-order valence-corrected chi connectivity index (χ0v) is 12.8. The van der Waals surface area contributed by atoms with Crippen molar-refractivity contribution in [3.05, 3.63) is 32.1 Å². The van der Waals surface area contributed by atoms with Crippen LogP contribution in [0.4, 0.5) is 0 Å². The lowest BCUT2D eigenvalue weighted by Crippen LogP contribution is -2.41. The van der Waals surface area contributed by atoms with E-state index in [0.29, 0.717) is 26.1 Å². The smallest absolute Gasteiger partial charge is 0.352 e. The highest BCUT2D eigenvalue weighted by Crippen LogP contribution is 2.04. The Morgan fingerprint density at radius 1 is 1.24 bits per heavy atom. The van der Waals surface area contributed by atoms with Gasteiger partial charge in [0.25, 0.3) is 5.56 Å². The van der Waals surface area contributed by atoms with E-state index in [1.54, 1.807) is 0 Å². The monoisotopic (exact) mass is 297 g/mol.